The summed E-state index contributed by atoms with van der Waals surface area (Å²) in [6, 6.07) is 11.4. The second-order valence-electron chi connectivity index (χ2n) is 5.85. The second kappa shape index (κ2) is 7.08. The number of ether oxygens (including phenoxy) is 2. The molecule has 0 saturated heterocycles. The Bertz CT molecular complexity index is 919. The van der Waals surface area contributed by atoms with E-state index in [1.165, 1.54) is 0 Å². The van der Waals surface area contributed by atoms with E-state index in [1.54, 1.807) is 14.2 Å². The molecule has 2 aromatic carbocycles. The van der Waals surface area contributed by atoms with Crippen LogP contribution in [0.15, 0.2) is 36.4 Å². The average Bonchev–Trinajstić information content (AvgIpc) is 2.93. The number of hydrogen-bond acceptors (Lipinski definition) is 3. The summed E-state index contributed by atoms with van der Waals surface area (Å²) in [5, 5.41) is 1.90. The quantitative estimate of drug-likeness (QED) is 0.624. The predicted octanol–water partition coefficient (Wildman–Crippen LogP) is 3.77. The van der Waals surface area contributed by atoms with Crippen molar-refractivity contribution >= 4 is 29.4 Å². The van der Waals surface area contributed by atoms with E-state index < -0.39 is 14.1 Å². The first kappa shape index (κ1) is 16.5. The predicted molar refractivity (Wildman–Crippen MR) is 98.7 cm³/mol. The Kier molecular flexibility index (Phi) is 4.66. The highest BCUT2D eigenvalue weighted by atomic mass is 31.2. The lowest BCUT2D eigenvalue weighted by Gasteiger charge is -2.09. The lowest BCUT2D eigenvalue weighted by atomic mass is 10.1. The van der Waals surface area contributed by atoms with Crippen molar-refractivity contribution in [1.82, 2.24) is 4.57 Å². The summed E-state index contributed by atoms with van der Waals surface area (Å²) in [6.07, 6.45) is 0.426. The van der Waals surface area contributed by atoms with Crippen LogP contribution in [0.2, 0.25) is 0 Å². The van der Waals surface area contributed by atoms with Crippen LogP contribution in [0.4, 0.5) is 0 Å². The van der Waals surface area contributed by atoms with E-state index in [9.17, 15) is 4.57 Å². The van der Waals surface area contributed by atoms with Gasteiger partial charge in [-0.3, -0.25) is 4.57 Å². The van der Waals surface area contributed by atoms with Crippen LogP contribution in [0.1, 0.15) is 14.2 Å². The maximum atomic E-state index is 11.1. The van der Waals surface area contributed by atoms with E-state index in [2.05, 4.69) is 0 Å². The molecule has 0 saturated carbocycles. The summed E-state index contributed by atoms with van der Waals surface area (Å²) >= 11 is 0. The first-order valence-electron chi connectivity index (χ1n) is 8.54. The third-order valence-electron chi connectivity index (χ3n) is 4.18. The van der Waals surface area contributed by atoms with E-state index in [1.807, 2.05) is 41.0 Å². The van der Waals surface area contributed by atoms with Crippen LogP contribution in [0, 0.1) is 0 Å². The molecule has 1 unspecified atom stereocenters. The Balaban J connectivity index is 2.09. The van der Waals surface area contributed by atoms with Crippen molar-refractivity contribution in [2.75, 3.05) is 20.4 Å². The fraction of sp³-hybridized carbons (Fsp3) is 0.333. The molecule has 3 aromatic rings. The van der Waals surface area contributed by atoms with Gasteiger partial charge in [-0.2, -0.15) is 0 Å². The molecule has 0 bridgehead atoms. The van der Waals surface area contributed by atoms with Gasteiger partial charge >= 0.3 is 7.60 Å². The molecule has 1 heterocycles. The van der Waals surface area contributed by atoms with E-state index >= 15 is 0 Å². The largest absolute Gasteiger partial charge is 0.497 e. The molecule has 0 radical (unpaired) electrons. The van der Waals surface area contributed by atoms with Crippen molar-refractivity contribution in [2.24, 2.45) is 0 Å². The molecule has 0 aliphatic carbocycles. The number of fused-ring (bicyclic) bond motifs is 3. The van der Waals surface area contributed by atoms with Crippen molar-refractivity contribution in [1.29, 1.82) is 0 Å². The molecule has 7 heteroatoms. The summed E-state index contributed by atoms with van der Waals surface area (Å²) in [5.41, 5.74) is 1.76. The normalized spacial score (nSPS) is 13.8. The van der Waals surface area contributed by atoms with Crippen molar-refractivity contribution in [3.63, 3.8) is 0 Å². The lowest BCUT2D eigenvalue weighted by molar-refractivity contribution is 0.370. The molecule has 0 aliphatic rings. The van der Waals surface area contributed by atoms with Gasteiger partial charge in [-0.25, -0.2) is 0 Å². The SMILES string of the molecule is [2H]C(CCCP(=O)(O)O)n1c2ccc(OC)cc2c2cc(OC)ccc21. The van der Waals surface area contributed by atoms with Crippen LogP contribution in [0.25, 0.3) is 21.8 Å². The number of methoxy groups -OCH3 is 2. The first-order valence-corrected chi connectivity index (χ1v) is 9.76. The standard InChI is InChI=1S/C18H22NO5P/c1-23-13-5-7-17-15(11-13)16-12-14(24-2)6-8-18(16)19(17)9-3-4-10-25(20,21)22/h5-8,11-12H,3-4,9-10H2,1-2H3,(H2,20,21,22)/i9D. The van der Waals surface area contributed by atoms with Gasteiger partial charge in [0.1, 0.15) is 11.5 Å². The molecule has 25 heavy (non-hydrogen) atoms. The van der Waals surface area contributed by atoms with Crippen LogP contribution in [-0.4, -0.2) is 34.7 Å². The van der Waals surface area contributed by atoms with Crippen LogP contribution >= 0.6 is 7.60 Å². The third kappa shape index (κ3) is 3.82. The van der Waals surface area contributed by atoms with Gasteiger partial charge in [0.25, 0.3) is 0 Å². The van der Waals surface area contributed by atoms with Gasteiger partial charge in [-0.05, 0) is 49.2 Å². The van der Waals surface area contributed by atoms with Gasteiger partial charge in [-0.1, -0.05) is 0 Å². The molecule has 0 aliphatic heterocycles. The van der Waals surface area contributed by atoms with Gasteiger partial charge in [0, 0.05) is 35.9 Å². The van der Waals surface area contributed by atoms with E-state index in [-0.39, 0.29) is 12.6 Å². The van der Waals surface area contributed by atoms with Crippen molar-refractivity contribution < 1.29 is 25.2 Å². The minimum absolute atomic E-state index is 0.207. The fourth-order valence-electron chi connectivity index (χ4n) is 2.98. The minimum atomic E-state index is -4.04. The maximum absolute atomic E-state index is 11.1. The number of aromatic nitrogens is 1. The van der Waals surface area contributed by atoms with Crippen LogP contribution in [0.5, 0.6) is 11.5 Å². The van der Waals surface area contributed by atoms with Crippen LogP contribution < -0.4 is 9.47 Å². The molecule has 3 rings (SSSR count). The first-order chi connectivity index (χ1) is 12.3. The summed E-state index contributed by atoms with van der Waals surface area (Å²) in [6.45, 7) is -0.650. The molecule has 0 amide bonds. The molecule has 1 atom stereocenters. The van der Waals surface area contributed by atoms with Gasteiger partial charge < -0.3 is 23.8 Å². The Labute approximate surface area is 147 Å². The van der Waals surface area contributed by atoms with Gasteiger partial charge in [0.2, 0.25) is 0 Å². The zero-order valence-corrected chi connectivity index (χ0v) is 15.1. The molecular weight excluding hydrogens is 341 g/mol. The molecule has 1 aromatic heterocycles. The summed E-state index contributed by atoms with van der Waals surface area (Å²) in [7, 11) is -0.827. The number of rotatable bonds is 7. The number of nitrogens with zero attached hydrogens (tertiary/aromatic N) is 1. The highest BCUT2D eigenvalue weighted by molar-refractivity contribution is 7.51. The van der Waals surface area contributed by atoms with Gasteiger partial charge in [0.05, 0.1) is 14.2 Å². The summed E-state index contributed by atoms with van der Waals surface area (Å²) in [5.74, 6) is 1.45. The fourth-order valence-corrected chi connectivity index (χ4v) is 3.57. The number of benzene rings is 2. The molecular formula is C18H22NO5P. The molecule has 0 fully saturated rings. The third-order valence-corrected chi connectivity index (χ3v) is 5.08. The Morgan fingerprint density at radius 3 is 1.96 bits per heavy atom. The van der Waals surface area contributed by atoms with Gasteiger partial charge in [-0.15, -0.1) is 0 Å². The number of hydrogen-bond donors (Lipinski definition) is 2. The molecule has 0 spiro atoms. The highest BCUT2D eigenvalue weighted by Gasteiger charge is 2.14. The Hall–Kier alpha value is -2.01. The highest BCUT2D eigenvalue weighted by Crippen LogP contribution is 2.36. The van der Waals surface area contributed by atoms with E-state index in [4.69, 9.17) is 20.6 Å². The van der Waals surface area contributed by atoms with Gasteiger partial charge in [0.15, 0.2) is 0 Å². The van der Waals surface area contributed by atoms with Crippen LogP contribution in [-0.2, 0) is 11.1 Å². The molecule has 6 nitrogen and oxygen atoms in total. The van der Waals surface area contributed by atoms with E-state index in [0.29, 0.717) is 6.42 Å². The second-order valence-corrected chi connectivity index (χ2v) is 7.63. The van der Waals surface area contributed by atoms with E-state index in [0.717, 1.165) is 33.3 Å². The zero-order chi connectivity index (χ0) is 18.9. The van der Waals surface area contributed by atoms with Crippen molar-refractivity contribution in [3.8, 4) is 11.5 Å². The maximum Gasteiger partial charge on any atom is 0.325 e. The average molecular weight is 364 g/mol. The Morgan fingerprint density at radius 1 is 1.00 bits per heavy atom. The smallest absolute Gasteiger partial charge is 0.325 e. The van der Waals surface area contributed by atoms with Crippen LogP contribution in [0.3, 0.4) is 0 Å². The lowest BCUT2D eigenvalue weighted by Crippen LogP contribution is -1.99. The topological polar surface area (TPSA) is 80.9 Å². The van der Waals surface area contributed by atoms with Crippen molar-refractivity contribution in [2.45, 2.75) is 19.4 Å². The number of aryl methyl sites for hydroxylation is 1. The minimum Gasteiger partial charge on any atom is -0.497 e. The van der Waals surface area contributed by atoms with Crippen molar-refractivity contribution in [3.05, 3.63) is 36.4 Å². The monoisotopic (exact) mass is 364 g/mol. The molecule has 134 valence electrons. The summed E-state index contributed by atoms with van der Waals surface area (Å²) in [4.78, 5) is 18.1. The zero-order valence-electron chi connectivity index (χ0n) is 15.2. The summed E-state index contributed by atoms with van der Waals surface area (Å²) < 4.78 is 32.2. The Morgan fingerprint density at radius 2 is 1.52 bits per heavy atom. The molecule has 2 N–H and O–H groups in total.